The fourth-order valence-electron chi connectivity index (χ4n) is 2.06. The Morgan fingerprint density at radius 2 is 2.36 bits per heavy atom. The zero-order valence-corrected chi connectivity index (χ0v) is 9.50. The molecule has 2 atom stereocenters. The minimum atomic E-state index is -0.170. The molecule has 3 nitrogen and oxygen atoms in total. The maximum atomic E-state index is 9.08. The van der Waals surface area contributed by atoms with Crippen LogP contribution in [0.4, 0.5) is 0 Å². The van der Waals surface area contributed by atoms with Gasteiger partial charge in [-0.3, -0.25) is 0 Å². The lowest BCUT2D eigenvalue weighted by Crippen LogP contribution is -2.37. The molecule has 3 heteroatoms. The summed E-state index contributed by atoms with van der Waals surface area (Å²) < 4.78 is 0. The zero-order chi connectivity index (χ0) is 10.4. The highest BCUT2D eigenvalue weighted by Crippen LogP contribution is 2.13. The van der Waals surface area contributed by atoms with Gasteiger partial charge in [-0.1, -0.05) is 0 Å². The summed E-state index contributed by atoms with van der Waals surface area (Å²) in [6, 6.07) is 0. The molecule has 1 heterocycles. The Labute approximate surface area is 87.5 Å². The Morgan fingerprint density at radius 3 is 3.00 bits per heavy atom. The van der Waals surface area contributed by atoms with Gasteiger partial charge in [-0.2, -0.15) is 0 Å². The van der Waals surface area contributed by atoms with Crippen molar-refractivity contribution in [3.63, 3.8) is 0 Å². The molecule has 1 fully saturated rings. The summed E-state index contributed by atoms with van der Waals surface area (Å²) in [7, 11) is 2.20. The molecule has 0 radical (unpaired) electrons. The minimum Gasteiger partial charge on any atom is -0.393 e. The molecule has 0 aromatic rings. The van der Waals surface area contributed by atoms with Crippen LogP contribution in [0.25, 0.3) is 0 Å². The van der Waals surface area contributed by atoms with Gasteiger partial charge >= 0.3 is 0 Å². The number of aliphatic hydroxyl groups excluding tert-OH is 1. The average Bonchev–Trinajstić information content (AvgIpc) is 2.12. The molecule has 2 unspecified atom stereocenters. The second kappa shape index (κ2) is 6.38. The van der Waals surface area contributed by atoms with E-state index in [0.717, 1.165) is 25.4 Å². The number of aliphatic hydroxyl groups is 1. The predicted molar refractivity (Wildman–Crippen MR) is 59.4 cm³/mol. The van der Waals surface area contributed by atoms with E-state index in [-0.39, 0.29) is 6.10 Å². The normalized spacial score (nSPS) is 26.4. The van der Waals surface area contributed by atoms with Crippen LogP contribution >= 0.6 is 0 Å². The van der Waals surface area contributed by atoms with Crippen molar-refractivity contribution in [1.82, 2.24) is 10.2 Å². The van der Waals surface area contributed by atoms with Gasteiger partial charge in [0.05, 0.1) is 6.10 Å². The number of hydrogen-bond acceptors (Lipinski definition) is 3. The van der Waals surface area contributed by atoms with Crippen molar-refractivity contribution >= 4 is 0 Å². The highest BCUT2D eigenvalue weighted by atomic mass is 16.3. The minimum absolute atomic E-state index is 0.170. The fraction of sp³-hybridized carbons (Fsp3) is 1.00. The molecule has 84 valence electrons. The van der Waals surface area contributed by atoms with Gasteiger partial charge in [0.15, 0.2) is 0 Å². The molecule has 14 heavy (non-hydrogen) atoms. The Kier molecular flexibility index (Phi) is 5.45. The van der Waals surface area contributed by atoms with Crippen LogP contribution in [-0.4, -0.2) is 49.3 Å². The number of nitrogens with zero attached hydrogens (tertiary/aromatic N) is 1. The number of hydrogen-bond donors (Lipinski definition) is 2. The fourth-order valence-corrected chi connectivity index (χ4v) is 2.06. The molecule has 0 spiro atoms. The van der Waals surface area contributed by atoms with Crippen molar-refractivity contribution in [3.05, 3.63) is 0 Å². The summed E-state index contributed by atoms with van der Waals surface area (Å²) in [5, 5.41) is 12.5. The first-order valence-electron chi connectivity index (χ1n) is 5.76. The van der Waals surface area contributed by atoms with Gasteiger partial charge in [-0.05, 0) is 58.8 Å². The largest absolute Gasteiger partial charge is 0.393 e. The van der Waals surface area contributed by atoms with Gasteiger partial charge in [-0.15, -0.1) is 0 Å². The van der Waals surface area contributed by atoms with Gasteiger partial charge in [0.2, 0.25) is 0 Å². The third kappa shape index (κ3) is 4.94. The topological polar surface area (TPSA) is 35.5 Å². The van der Waals surface area contributed by atoms with Crippen LogP contribution in [0.5, 0.6) is 0 Å². The van der Waals surface area contributed by atoms with Crippen molar-refractivity contribution < 1.29 is 5.11 Å². The van der Waals surface area contributed by atoms with E-state index in [1.54, 1.807) is 0 Å². The van der Waals surface area contributed by atoms with E-state index >= 15 is 0 Å². The first-order chi connectivity index (χ1) is 6.68. The third-order valence-electron chi connectivity index (χ3n) is 2.89. The SMILES string of the molecule is CC(O)CCNCC1CCCN(C)C1. The predicted octanol–water partition coefficient (Wildman–Crippen LogP) is 0.689. The summed E-state index contributed by atoms with van der Waals surface area (Å²) in [4.78, 5) is 2.41. The van der Waals surface area contributed by atoms with Crippen LogP contribution in [0, 0.1) is 5.92 Å². The van der Waals surface area contributed by atoms with E-state index in [9.17, 15) is 0 Å². The van der Waals surface area contributed by atoms with Crippen LogP contribution < -0.4 is 5.32 Å². The van der Waals surface area contributed by atoms with E-state index < -0.39 is 0 Å². The summed E-state index contributed by atoms with van der Waals surface area (Å²) >= 11 is 0. The molecule has 1 aliphatic heterocycles. The Hall–Kier alpha value is -0.120. The Balaban J connectivity index is 2.00. The first-order valence-corrected chi connectivity index (χ1v) is 5.76. The number of rotatable bonds is 5. The van der Waals surface area contributed by atoms with Crippen molar-refractivity contribution in [2.75, 3.05) is 33.2 Å². The summed E-state index contributed by atoms with van der Waals surface area (Å²) in [5.74, 6) is 0.808. The third-order valence-corrected chi connectivity index (χ3v) is 2.89. The van der Waals surface area contributed by atoms with Crippen LogP contribution in [0.15, 0.2) is 0 Å². The van der Waals surface area contributed by atoms with Gasteiger partial charge in [0, 0.05) is 6.54 Å². The smallest absolute Gasteiger partial charge is 0.0524 e. The van der Waals surface area contributed by atoms with Gasteiger partial charge in [0.1, 0.15) is 0 Å². The zero-order valence-electron chi connectivity index (χ0n) is 9.50. The highest BCUT2D eigenvalue weighted by Gasteiger charge is 2.16. The van der Waals surface area contributed by atoms with Crippen LogP contribution in [0.3, 0.4) is 0 Å². The van der Waals surface area contributed by atoms with E-state index in [4.69, 9.17) is 5.11 Å². The van der Waals surface area contributed by atoms with Gasteiger partial charge in [-0.25, -0.2) is 0 Å². The molecule has 0 bridgehead atoms. The molecule has 0 aromatic heterocycles. The van der Waals surface area contributed by atoms with E-state index in [0.29, 0.717) is 0 Å². The van der Waals surface area contributed by atoms with Crippen LogP contribution in [-0.2, 0) is 0 Å². The van der Waals surface area contributed by atoms with Crippen LogP contribution in [0.1, 0.15) is 26.2 Å². The van der Waals surface area contributed by atoms with Crippen molar-refractivity contribution in [2.24, 2.45) is 5.92 Å². The summed E-state index contributed by atoms with van der Waals surface area (Å²) in [6.45, 7) is 6.37. The van der Waals surface area contributed by atoms with Gasteiger partial charge in [0.25, 0.3) is 0 Å². The quantitative estimate of drug-likeness (QED) is 0.641. The maximum Gasteiger partial charge on any atom is 0.0524 e. The lowest BCUT2D eigenvalue weighted by Gasteiger charge is -2.29. The Morgan fingerprint density at radius 1 is 1.57 bits per heavy atom. The van der Waals surface area contributed by atoms with Crippen molar-refractivity contribution in [2.45, 2.75) is 32.3 Å². The molecule has 0 aromatic carbocycles. The van der Waals surface area contributed by atoms with E-state index in [1.165, 1.54) is 25.9 Å². The maximum absolute atomic E-state index is 9.08. The monoisotopic (exact) mass is 200 g/mol. The lowest BCUT2D eigenvalue weighted by molar-refractivity contribution is 0.178. The Bertz CT molecular complexity index is 150. The number of likely N-dealkylation sites (tertiary alicyclic amines) is 1. The van der Waals surface area contributed by atoms with Crippen LogP contribution in [0.2, 0.25) is 0 Å². The lowest BCUT2D eigenvalue weighted by atomic mass is 9.98. The second-order valence-electron chi connectivity index (χ2n) is 4.61. The number of nitrogens with one attached hydrogen (secondary N) is 1. The van der Waals surface area contributed by atoms with E-state index in [2.05, 4.69) is 17.3 Å². The average molecular weight is 200 g/mol. The number of piperidine rings is 1. The highest BCUT2D eigenvalue weighted by molar-refractivity contribution is 4.72. The first kappa shape index (κ1) is 12.0. The molecule has 0 aliphatic carbocycles. The second-order valence-corrected chi connectivity index (χ2v) is 4.61. The standard InChI is InChI=1S/C11H24N2O/c1-10(14)5-6-12-8-11-4-3-7-13(2)9-11/h10-12,14H,3-9H2,1-2H3. The summed E-state index contributed by atoms with van der Waals surface area (Å²) in [5.41, 5.74) is 0. The summed E-state index contributed by atoms with van der Waals surface area (Å²) in [6.07, 6.45) is 3.38. The molecule has 1 rings (SSSR count). The molecule has 0 amide bonds. The van der Waals surface area contributed by atoms with E-state index in [1.807, 2.05) is 6.92 Å². The molecule has 1 aliphatic rings. The molecule has 0 saturated carbocycles. The van der Waals surface area contributed by atoms with Crippen molar-refractivity contribution in [1.29, 1.82) is 0 Å². The molecule has 1 saturated heterocycles. The molecular formula is C11H24N2O. The molecule has 2 N–H and O–H groups in total. The van der Waals surface area contributed by atoms with Crippen molar-refractivity contribution in [3.8, 4) is 0 Å². The van der Waals surface area contributed by atoms with Gasteiger partial charge < -0.3 is 15.3 Å². The molecular weight excluding hydrogens is 176 g/mol.